The fraction of sp³-hybridized carbons (Fsp3) is 0.600. The van der Waals surface area contributed by atoms with E-state index in [1.807, 2.05) is 0 Å². The minimum absolute atomic E-state index is 0.261. The van der Waals surface area contributed by atoms with Crippen LogP contribution in [0, 0.1) is 0 Å². The summed E-state index contributed by atoms with van der Waals surface area (Å²) in [5, 5.41) is 0.462. The summed E-state index contributed by atoms with van der Waals surface area (Å²) in [6, 6.07) is 0. The zero-order valence-electron chi connectivity index (χ0n) is 5.12. The van der Waals surface area contributed by atoms with Gasteiger partial charge in [-0.05, 0) is 12.2 Å². The second-order valence-electron chi connectivity index (χ2n) is 1.31. The van der Waals surface area contributed by atoms with E-state index in [2.05, 4.69) is 17.0 Å². The van der Waals surface area contributed by atoms with E-state index >= 15 is 0 Å². The Bertz CT molecular complexity index is 102. The highest BCUT2D eigenvalue weighted by Gasteiger charge is 1.86. The van der Waals surface area contributed by atoms with Crippen LogP contribution in [0.1, 0.15) is 6.92 Å². The van der Waals surface area contributed by atoms with E-state index in [1.165, 1.54) is 0 Å². The maximum atomic E-state index is 9.54. The van der Waals surface area contributed by atoms with Gasteiger partial charge in [-0.25, -0.2) is 0 Å². The van der Waals surface area contributed by atoms with E-state index in [0.717, 1.165) is 0 Å². The Morgan fingerprint density at radius 2 is 2.33 bits per heavy atom. The van der Waals surface area contributed by atoms with E-state index in [1.54, 1.807) is 6.92 Å². The molecule has 0 saturated heterocycles. The van der Waals surface area contributed by atoms with Crippen LogP contribution in [0.2, 0.25) is 0 Å². The maximum absolute atomic E-state index is 9.54. The normalized spacial score (nSPS) is 8.11. The number of carbonyl (C=O) groups is 1. The first kappa shape index (κ1) is 8.36. The molecule has 0 aromatic heterocycles. The van der Waals surface area contributed by atoms with Crippen LogP contribution in [0.5, 0.6) is 0 Å². The smallest absolute Gasteiger partial charge is 0.293 e. The predicted octanol–water partition coefficient (Wildman–Crippen LogP) is 0.523. The van der Waals surface area contributed by atoms with Crippen molar-refractivity contribution in [2.45, 2.75) is 6.92 Å². The summed E-state index contributed by atoms with van der Waals surface area (Å²) in [4.78, 5) is 9.54. The fourth-order valence-electron chi connectivity index (χ4n) is 0.282. The van der Waals surface area contributed by atoms with Gasteiger partial charge in [-0.2, -0.15) is 0 Å². The van der Waals surface area contributed by atoms with Crippen molar-refractivity contribution in [3.8, 4) is 0 Å². The zero-order chi connectivity index (χ0) is 7.11. The van der Waals surface area contributed by atoms with Gasteiger partial charge < -0.3 is 9.47 Å². The van der Waals surface area contributed by atoms with Gasteiger partial charge >= 0.3 is 0 Å². The summed E-state index contributed by atoms with van der Waals surface area (Å²) < 4.78 is 9.11. The lowest BCUT2D eigenvalue weighted by atomic mass is 10.7. The van der Waals surface area contributed by atoms with Crippen LogP contribution in [-0.2, 0) is 14.3 Å². The third-order valence-electron chi connectivity index (χ3n) is 0.575. The first-order valence-electron chi connectivity index (χ1n) is 2.46. The molecule has 0 fully saturated rings. The molecule has 9 heavy (non-hydrogen) atoms. The highest BCUT2D eigenvalue weighted by atomic mass is 32.1. The molecule has 0 rings (SSSR count). The van der Waals surface area contributed by atoms with Gasteiger partial charge in [-0.15, -0.1) is 0 Å². The van der Waals surface area contributed by atoms with E-state index in [0.29, 0.717) is 18.1 Å². The van der Waals surface area contributed by atoms with Gasteiger partial charge in [-0.3, -0.25) is 4.79 Å². The van der Waals surface area contributed by atoms with Crippen molar-refractivity contribution in [2.24, 2.45) is 0 Å². The Balaban J connectivity index is 2.91. The average molecular weight is 148 g/mol. The third kappa shape index (κ3) is 7.36. The quantitative estimate of drug-likeness (QED) is 0.331. The summed E-state index contributed by atoms with van der Waals surface area (Å²) in [6.45, 7) is 2.64. The Morgan fingerprint density at radius 3 is 2.78 bits per heavy atom. The second kappa shape index (κ2) is 5.50. The molecular formula is C5H8O3S. The van der Waals surface area contributed by atoms with Gasteiger partial charge in [0.15, 0.2) is 5.05 Å². The summed E-state index contributed by atoms with van der Waals surface area (Å²) in [5.41, 5.74) is 0. The molecule has 52 valence electrons. The van der Waals surface area contributed by atoms with Crippen LogP contribution in [0.3, 0.4) is 0 Å². The standard InChI is InChI=1S/C5H8O3S/c1-5(9)8-3-2-7-4-6/h4H,2-3H2,1H3. The molecule has 0 aromatic carbocycles. The van der Waals surface area contributed by atoms with Crippen LogP contribution in [0.4, 0.5) is 0 Å². The van der Waals surface area contributed by atoms with Crippen LogP contribution in [0.15, 0.2) is 0 Å². The van der Waals surface area contributed by atoms with Crippen molar-refractivity contribution in [3.63, 3.8) is 0 Å². The molecule has 0 spiro atoms. The SMILES string of the molecule is CC(=S)OCCOC=O. The summed E-state index contributed by atoms with van der Waals surface area (Å²) >= 11 is 4.58. The molecule has 0 N–H and O–H groups in total. The lowest BCUT2D eigenvalue weighted by Crippen LogP contribution is -2.05. The van der Waals surface area contributed by atoms with E-state index in [4.69, 9.17) is 4.74 Å². The first-order chi connectivity index (χ1) is 4.27. The van der Waals surface area contributed by atoms with Crippen molar-refractivity contribution >= 4 is 23.7 Å². The second-order valence-corrected chi connectivity index (χ2v) is 1.88. The van der Waals surface area contributed by atoms with Crippen molar-refractivity contribution in [1.29, 1.82) is 0 Å². The van der Waals surface area contributed by atoms with Crippen molar-refractivity contribution in [2.75, 3.05) is 13.2 Å². The minimum atomic E-state index is 0.261. The minimum Gasteiger partial charge on any atom is -0.484 e. The number of hydrogen-bond acceptors (Lipinski definition) is 4. The molecule has 0 atom stereocenters. The highest BCUT2D eigenvalue weighted by molar-refractivity contribution is 7.80. The van der Waals surface area contributed by atoms with Gasteiger partial charge in [0.05, 0.1) is 0 Å². The number of carbonyl (C=O) groups excluding carboxylic acids is 1. The number of ether oxygens (including phenoxy) is 2. The van der Waals surface area contributed by atoms with E-state index in [9.17, 15) is 4.79 Å². The molecule has 3 nitrogen and oxygen atoms in total. The molecule has 0 amide bonds. The Morgan fingerprint density at radius 1 is 1.67 bits per heavy atom. The summed E-state index contributed by atoms with van der Waals surface area (Å²) in [5.74, 6) is 0. The van der Waals surface area contributed by atoms with Gasteiger partial charge in [-0.1, -0.05) is 0 Å². The Hall–Kier alpha value is -0.640. The Kier molecular flexibility index (Phi) is 5.11. The highest BCUT2D eigenvalue weighted by Crippen LogP contribution is 1.79. The summed E-state index contributed by atoms with van der Waals surface area (Å²) in [6.07, 6.45) is 0. The fourth-order valence-corrected chi connectivity index (χ4v) is 0.365. The lowest BCUT2D eigenvalue weighted by Gasteiger charge is -2.00. The van der Waals surface area contributed by atoms with Gasteiger partial charge in [0.2, 0.25) is 0 Å². The molecule has 0 radical (unpaired) electrons. The zero-order valence-corrected chi connectivity index (χ0v) is 5.94. The average Bonchev–Trinajstić information content (AvgIpc) is 1.80. The van der Waals surface area contributed by atoms with Crippen molar-refractivity contribution in [1.82, 2.24) is 0 Å². The monoisotopic (exact) mass is 148 g/mol. The molecular weight excluding hydrogens is 140 g/mol. The van der Waals surface area contributed by atoms with Gasteiger partial charge in [0, 0.05) is 6.92 Å². The van der Waals surface area contributed by atoms with Crippen LogP contribution >= 0.6 is 12.2 Å². The molecule has 0 aliphatic rings. The molecule has 0 unspecified atom stereocenters. The van der Waals surface area contributed by atoms with Gasteiger partial charge in [0.1, 0.15) is 13.2 Å². The molecule has 0 heterocycles. The molecule has 0 bridgehead atoms. The summed E-state index contributed by atoms with van der Waals surface area (Å²) in [7, 11) is 0. The number of rotatable bonds is 4. The van der Waals surface area contributed by atoms with Crippen LogP contribution < -0.4 is 0 Å². The predicted molar refractivity (Wildman–Crippen MR) is 36.2 cm³/mol. The Labute approximate surface area is 58.9 Å². The first-order valence-corrected chi connectivity index (χ1v) is 2.87. The third-order valence-corrected chi connectivity index (χ3v) is 0.692. The molecule has 4 heteroatoms. The largest absolute Gasteiger partial charge is 0.484 e. The van der Waals surface area contributed by atoms with Crippen molar-refractivity contribution < 1.29 is 14.3 Å². The van der Waals surface area contributed by atoms with Crippen LogP contribution in [0.25, 0.3) is 0 Å². The maximum Gasteiger partial charge on any atom is 0.293 e. The van der Waals surface area contributed by atoms with E-state index < -0.39 is 0 Å². The molecule has 0 aliphatic heterocycles. The number of hydrogen-bond donors (Lipinski definition) is 0. The van der Waals surface area contributed by atoms with Gasteiger partial charge in [0.25, 0.3) is 6.47 Å². The van der Waals surface area contributed by atoms with E-state index in [-0.39, 0.29) is 6.61 Å². The topological polar surface area (TPSA) is 35.5 Å². The number of thiocarbonyl (C=S) groups is 1. The molecule has 0 saturated carbocycles. The van der Waals surface area contributed by atoms with Crippen molar-refractivity contribution in [3.05, 3.63) is 0 Å². The molecule has 0 aliphatic carbocycles. The molecule has 0 aromatic rings. The lowest BCUT2D eigenvalue weighted by molar-refractivity contribution is -0.129. The van der Waals surface area contributed by atoms with Crippen LogP contribution in [-0.4, -0.2) is 24.7 Å².